The van der Waals surface area contributed by atoms with Gasteiger partial charge < -0.3 is 10.1 Å². The molecule has 0 radical (unpaired) electrons. The van der Waals surface area contributed by atoms with E-state index in [4.69, 9.17) is 4.74 Å². The first-order valence-corrected chi connectivity index (χ1v) is 7.95. The summed E-state index contributed by atoms with van der Waals surface area (Å²) in [5.74, 6) is 1.72. The first kappa shape index (κ1) is 15.9. The Morgan fingerprint density at radius 1 is 1.33 bits per heavy atom. The average molecular weight is 306 g/mol. The van der Waals surface area contributed by atoms with Crippen molar-refractivity contribution in [2.24, 2.45) is 0 Å². The molecule has 0 aliphatic heterocycles. The number of hydrogen-bond donors (Lipinski definition) is 2. The number of aromatic nitrogens is 3. The van der Waals surface area contributed by atoms with Gasteiger partial charge in [-0.3, -0.25) is 5.10 Å². The van der Waals surface area contributed by atoms with Crippen molar-refractivity contribution in [1.29, 1.82) is 0 Å². The van der Waals surface area contributed by atoms with Crippen molar-refractivity contribution in [3.8, 4) is 5.75 Å². The first-order chi connectivity index (χ1) is 10.1. The molecule has 2 unspecified atom stereocenters. The summed E-state index contributed by atoms with van der Waals surface area (Å²) >= 11 is 1.67. The van der Waals surface area contributed by atoms with Gasteiger partial charge in [-0.1, -0.05) is 37.7 Å². The molecule has 5 nitrogen and oxygen atoms in total. The monoisotopic (exact) mass is 306 g/mol. The highest BCUT2D eigenvalue weighted by molar-refractivity contribution is 7.99. The smallest absolute Gasteiger partial charge is 0.208 e. The van der Waals surface area contributed by atoms with Crippen LogP contribution in [0.3, 0.4) is 0 Å². The lowest BCUT2D eigenvalue weighted by molar-refractivity contribution is 0.414. The molecule has 0 aliphatic rings. The second-order valence-electron chi connectivity index (χ2n) is 4.83. The summed E-state index contributed by atoms with van der Waals surface area (Å²) in [5, 5.41) is 11.7. The van der Waals surface area contributed by atoms with E-state index < -0.39 is 0 Å². The maximum Gasteiger partial charge on any atom is 0.208 e. The van der Waals surface area contributed by atoms with Crippen molar-refractivity contribution < 1.29 is 4.74 Å². The minimum absolute atomic E-state index is 0.240. The Morgan fingerprint density at radius 3 is 2.57 bits per heavy atom. The van der Waals surface area contributed by atoms with Crippen molar-refractivity contribution in [3.63, 3.8) is 0 Å². The SMILES string of the molecule is CCNC(c1ccc(OC)cc1)C(C)Sc1n[nH]c(C)n1. The number of ether oxygens (including phenoxy) is 1. The molecule has 0 spiro atoms. The highest BCUT2D eigenvalue weighted by Gasteiger charge is 2.21. The molecule has 0 fully saturated rings. The molecule has 2 rings (SSSR count). The Balaban J connectivity index is 2.12. The van der Waals surface area contributed by atoms with Gasteiger partial charge in [0.25, 0.3) is 0 Å². The fourth-order valence-electron chi connectivity index (χ4n) is 2.20. The topological polar surface area (TPSA) is 62.8 Å². The molecular weight excluding hydrogens is 284 g/mol. The molecule has 0 aliphatic carbocycles. The maximum absolute atomic E-state index is 5.22. The number of thioether (sulfide) groups is 1. The minimum Gasteiger partial charge on any atom is -0.497 e. The van der Waals surface area contributed by atoms with E-state index in [1.54, 1.807) is 18.9 Å². The van der Waals surface area contributed by atoms with Gasteiger partial charge >= 0.3 is 0 Å². The summed E-state index contributed by atoms with van der Waals surface area (Å²) in [4.78, 5) is 4.36. The third-order valence-electron chi connectivity index (χ3n) is 3.24. The van der Waals surface area contributed by atoms with Crippen molar-refractivity contribution in [3.05, 3.63) is 35.7 Å². The van der Waals surface area contributed by atoms with E-state index in [-0.39, 0.29) is 6.04 Å². The molecule has 0 saturated carbocycles. The molecule has 2 aromatic rings. The van der Waals surface area contributed by atoms with Crippen molar-refractivity contribution in [1.82, 2.24) is 20.5 Å². The zero-order valence-electron chi connectivity index (χ0n) is 12.9. The standard InChI is InChI=1S/C15H22N4OS/c1-5-16-14(12-6-8-13(20-4)9-7-12)10(2)21-15-17-11(3)18-19-15/h6-10,14,16H,5H2,1-4H3,(H,17,18,19). The van der Waals surface area contributed by atoms with Crippen LogP contribution in [0, 0.1) is 6.92 Å². The van der Waals surface area contributed by atoms with Crippen LogP contribution in [0.1, 0.15) is 31.3 Å². The van der Waals surface area contributed by atoms with Crippen LogP contribution in [-0.4, -0.2) is 34.1 Å². The van der Waals surface area contributed by atoms with E-state index in [1.807, 2.05) is 19.1 Å². The third kappa shape index (κ3) is 4.22. The number of methoxy groups -OCH3 is 1. The second-order valence-corrected chi connectivity index (χ2v) is 6.18. The van der Waals surface area contributed by atoms with Gasteiger partial charge in [0, 0.05) is 11.3 Å². The van der Waals surface area contributed by atoms with Gasteiger partial charge in [-0.2, -0.15) is 0 Å². The molecule has 2 atom stereocenters. The van der Waals surface area contributed by atoms with Gasteiger partial charge in [0.2, 0.25) is 5.16 Å². The Bertz CT molecular complexity index is 555. The quantitative estimate of drug-likeness (QED) is 0.770. The average Bonchev–Trinajstić information content (AvgIpc) is 2.90. The number of aromatic amines is 1. The van der Waals surface area contributed by atoms with Crippen molar-refractivity contribution in [2.75, 3.05) is 13.7 Å². The van der Waals surface area contributed by atoms with Gasteiger partial charge in [0.15, 0.2) is 0 Å². The zero-order valence-corrected chi connectivity index (χ0v) is 13.7. The number of rotatable bonds is 7. The highest BCUT2D eigenvalue weighted by atomic mass is 32.2. The predicted molar refractivity (Wildman–Crippen MR) is 85.9 cm³/mol. The Morgan fingerprint density at radius 2 is 2.05 bits per heavy atom. The number of benzene rings is 1. The third-order valence-corrected chi connectivity index (χ3v) is 4.27. The lowest BCUT2D eigenvalue weighted by atomic mass is 10.0. The molecule has 0 saturated heterocycles. The van der Waals surface area contributed by atoms with Crippen LogP contribution >= 0.6 is 11.8 Å². The van der Waals surface area contributed by atoms with Crippen LogP contribution < -0.4 is 10.1 Å². The van der Waals surface area contributed by atoms with E-state index in [0.29, 0.717) is 5.25 Å². The first-order valence-electron chi connectivity index (χ1n) is 7.07. The van der Waals surface area contributed by atoms with Crippen LogP contribution in [0.25, 0.3) is 0 Å². The van der Waals surface area contributed by atoms with Crippen molar-refractivity contribution in [2.45, 2.75) is 37.2 Å². The van der Waals surface area contributed by atoms with E-state index in [2.05, 4.69) is 46.5 Å². The Labute approximate surface area is 129 Å². The van der Waals surface area contributed by atoms with Crippen LogP contribution in [0.5, 0.6) is 5.75 Å². The lowest BCUT2D eigenvalue weighted by Gasteiger charge is -2.24. The lowest BCUT2D eigenvalue weighted by Crippen LogP contribution is -2.28. The number of nitrogens with zero attached hydrogens (tertiary/aromatic N) is 2. The molecule has 0 amide bonds. The van der Waals surface area contributed by atoms with E-state index in [1.165, 1.54) is 5.56 Å². The Hall–Kier alpha value is -1.53. The van der Waals surface area contributed by atoms with E-state index in [9.17, 15) is 0 Å². The normalized spacial score (nSPS) is 13.9. The van der Waals surface area contributed by atoms with Crippen LogP contribution in [0.4, 0.5) is 0 Å². The molecule has 21 heavy (non-hydrogen) atoms. The van der Waals surface area contributed by atoms with Gasteiger partial charge in [0.1, 0.15) is 11.6 Å². The summed E-state index contributed by atoms with van der Waals surface area (Å²) in [7, 11) is 1.68. The Kier molecular flexibility index (Phi) is 5.64. The molecular formula is C15H22N4OS. The fraction of sp³-hybridized carbons (Fsp3) is 0.467. The predicted octanol–water partition coefficient (Wildman–Crippen LogP) is 2.95. The zero-order chi connectivity index (χ0) is 15.2. The fourth-order valence-corrected chi connectivity index (χ4v) is 3.21. The summed E-state index contributed by atoms with van der Waals surface area (Å²) in [5.41, 5.74) is 1.24. The van der Waals surface area contributed by atoms with Gasteiger partial charge in [0.05, 0.1) is 7.11 Å². The number of H-pyrrole nitrogens is 1. The van der Waals surface area contributed by atoms with E-state index >= 15 is 0 Å². The number of nitrogens with one attached hydrogen (secondary N) is 2. The van der Waals surface area contributed by atoms with Crippen molar-refractivity contribution >= 4 is 11.8 Å². The molecule has 1 heterocycles. The van der Waals surface area contributed by atoms with Gasteiger partial charge in [-0.15, -0.1) is 5.10 Å². The van der Waals surface area contributed by atoms with Crippen LogP contribution in [0.15, 0.2) is 29.4 Å². The molecule has 1 aromatic heterocycles. The molecule has 1 aromatic carbocycles. The summed E-state index contributed by atoms with van der Waals surface area (Å²) in [6, 6.07) is 8.44. The molecule has 0 bridgehead atoms. The van der Waals surface area contributed by atoms with Gasteiger partial charge in [-0.25, -0.2) is 4.98 Å². The van der Waals surface area contributed by atoms with Gasteiger partial charge in [-0.05, 0) is 31.2 Å². The largest absolute Gasteiger partial charge is 0.497 e. The van der Waals surface area contributed by atoms with Crippen LogP contribution in [0.2, 0.25) is 0 Å². The summed E-state index contributed by atoms with van der Waals surface area (Å²) < 4.78 is 5.22. The van der Waals surface area contributed by atoms with E-state index in [0.717, 1.165) is 23.3 Å². The van der Waals surface area contributed by atoms with Crippen LogP contribution in [-0.2, 0) is 0 Å². The highest BCUT2D eigenvalue weighted by Crippen LogP contribution is 2.30. The molecule has 114 valence electrons. The summed E-state index contributed by atoms with van der Waals surface area (Å²) in [6.07, 6.45) is 0. The number of hydrogen-bond acceptors (Lipinski definition) is 5. The minimum atomic E-state index is 0.240. The molecule has 2 N–H and O–H groups in total. The maximum atomic E-state index is 5.22. The number of aryl methyl sites for hydroxylation is 1. The molecule has 6 heteroatoms. The summed E-state index contributed by atoms with van der Waals surface area (Å²) in [6.45, 7) is 7.13. The second kappa shape index (κ2) is 7.47.